The van der Waals surface area contributed by atoms with E-state index in [1.165, 1.54) is 12.0 Å². The van der Waals surface area contributed by atoms with Gasteiger partial charge in [-0.15, -0.1) is 0 Å². The van der Waals surface area contributed by atoms with Gasteiger partial charge in [0.1, 0.15) is 5.60 Å². The van der Waals surface area contributed by atoms with Gasteiger partial charge in [0.2, 0.25) is 5.78 Å². The number of rotatable bonds is 1. The number of para-hydroxylation sites is 1. The zero-order valence-corrected chi connectivity index (χ0v) is 20.4. The Kier molecular flexibility index (Phi) is 4.28. The normalized spacial score (nSPS) is 39.3. The Labute approximate surface area is 203 Å². The molecule has 4 saturated heterocycles. The summed E-state index contributed by atoms with van der Waals surface area (Å²) in [5.74, 6) is -3.84. The second-order valence-electron chi connectivity index (χ2n) is 11.0. The van der Waals surface area contributed by atoms with Gasteiger partial charge in [-0.3, -0.25) is 24.2 Å². The minimum atomic E-state index is -1.67. The third kappa shape index (κ3) is 2.33. The van der Waals surface area contributed by atoms with Crippen LogP contribution in [-0.2, 0) is 28.6 Å². The highest BCUT2D eigenvalue weighted by Crippen LogP contribution is 2.70. The van der Waals surface area contributed by atoms with Gasteiger partial charge in [0.05, 0.1) is 18.7 Å². The molecule has 184 valence electrons. The summed E-state index contributed by atoms with van der Waals surface area (Å²) >= 11 is 0. The van der Waals surface area contributed by atoms with E-state index in [1.54, 1.807) is 32.9 Å². The maximum absolute atomic E-state index is 14.6. The maximum Gasteiger partial charge on any atom is 0.416 e. The van der Waals surface area contributed by atoms with E-state index in [-0.39, 0.29) is 6.54 Å². The number of methoxy groups -OCH3 is 1. The predicted octanol–water partition coefficient (Wildman–Crippen LogP) is 2.40. The Hall–Kier alpha value is -3.20. The number of Topliss-reactive ketones (excluding diaryl/α,β-unsaturated/α-hetero) is 1. The Bertz CT molecular complexity index is 1230. The molecule has 6 bridgehead atoms. The molecule has 0 aromatic heterocycles. The number of amides is 1. The van der Waals surface area contributed by atoms with E-state index in [0.29, 0.717) is 12.2 Å². The monoisotopic (exact) mass is 480 g/mol. The molecule has 7 rings (SSSR count). The number of hydrogen-bond donors (Lipinski definition) is 0. The molecule has 5 fully saturated rings. The summed E-state index contributed by atoms with van der Waals surface area (Å²) in [6.45, 7) is 7.72. The number of nitrogens with zero attached hydrogens (tertiary/aromatic N) is 2. The predicted molar refractivity (Wildman–Crippen MR) is 122 cm³/mol. The molecule has 9 heteroatoms. The Balaban J connectivity index is 1.69. The Morgan fingerprint density at radius 3 is 2.54 bits per heavy atom. The first-order valence-electron chi connectivity index (χ1n) is 11.9. The number of fused-ring (bicyclic) bond motifs is 2. The van der Waals surface area contributed by atoms with Crippen molar-refractivity contribution in [2.24, 2.45) is 17.3 Å². The molecule has 1 aromatic rings. The lowest BCUT2D eigenvalue weighted by Crippen LogP contribution is -2.66. The van der Waals surface area contributed by atoms with E-state index in [4.69, 9.17) is 14.2 Å². The smallest absolute Gasteiger partial charge is 0.416 e. The fraction of sp³-hybridized carbons (Fsp3) is 0.538. The molecular formula is C26H28N2O7. The highest BCUT2D eigenvalue weighted by molar-refractivity contribution is 6.14. The molecule has 35 heavy (non-hydrogen) atoms. The Morgan fingerprint density at radius 1 is 1.17 bits per heavy atom. The van der Waals surface area contributed by atoms with E-state index >= 15 is 0 Å². The van der Waals surface area contributed by atoms with Gasteiger partial charge in [-0.05, 0) is 39.3 Å². The van der Waals surface area contributed by atoms with E-state index < -0.39 is 64.4 Å². The number of carbonyl (C=O) groups is 4. The van der Waals surface area contributed by atoms with Crippen LogP contribution in [0.15, 0.2) is 35.9 Å². The minimum absolute atomic E-state index is 0.259. The van der Waals surface area contributed by atoms with Crippen molar-refractivity contribution in [3.05, 3.63) is 41.5 Å². The molecule has 6 aliphatic rings. The van der Waals surface area contributed by atoms with Crippen molar-refractivity contribution in [3.63, 3.8) is 0 Å². The molecule has 1 saturated carbocycles. The maximum atomic E-state index is 14.6. The van der Waals surface area contributed by atoms with Crippen LogP contribution in [0, 0.1) is 17.3 Å². The molecule has 5 unspecified atom stereocenters. The average Bonchev–Trinajstić information content (AvgIpc) is 3.32. The zero-order chi connectivity index (χ0) is 25.1. The molecule has 1 aliphatic carbocycles. The number of anilines is 1. The van der Waals surface area contributed by atoms with Crippen LogP contribution in [0.4, 0.5) is 10.5 Å². The molecule has 5 aliphatic heterocycles. The fourth-order valence-electron chi connectivity index (χ4n) is 7.42. The van der Waals surface area contributed by atoms with Gasteiger partial charge < -0.3 is 14.2 Å². The highest BCUT2D eigenvalue weighted by atomic mass is 16.6. The fourth-order valence-corrected chi connectivity index (χ4v) is 7.42. The van der Waals surface area contributed by atoms with Gasteiger partial charge in [0, 0.05) is 24.9 Å². The third-order valence-corrected chi connectivity index (χ3v) is 8.40. The van der Waals surface area contributed by atoms with Crippen molar-refractivity contribution >= 4 is 29.5 Å². The summed E-state index contributed by atoms with van der Waals surface area (Å²) in [6.07, 6.45) is -0.00725. The van der Waals surface area contributed by atoms with Crippen molar-refractivity contribution in [2.45, 2.75) is 51.0 Å². The van der Waals surface area contributed by atoms with Gasteiger partial charge in [0.15, 0.2) is 17.2 Å². The first kappa shape index (κ1) is 22.3. The number of ketones is 1. The van der Waals surface area contributed by atoms with Gasteiger partial charge >= 0.3 is 18.0 Å². The molecule has 1 spiro atoms. The highest BCUT2D eigenvalue weighted by Gasteiger charge is 2.84. The lowest BCUT2D eigenvalue weighted by atomic mass is 9.61. The topological polar surface area (TPSA) is 102 Å². The largest absolute Gasteiger partial charge is 0.468 e. The van der Waals surface area contributed by atoms with Crippen LogP contribution in [0.5, 0.6) is 0 Å². The van der Waals surface area contributed by atoms with Crippen LogP contribution in [0.2, 0.25) is 0 Å². The summed E-state index contributed by atoms with van der Waals surface area (Å²) in [5, 5.41) is 0. The number of allylic oxidation sites excluding steroid dienone is 1. The van der Waals surface area contributed by atoms with E-state index in [1.807, 2.05) is 30.0 Å². The van der Waals surface area contributed by atoms with Crippen molar-refractivity contribution in [2.75, 3.05) is 25.1 Å². The van der Waals surface area contributed by atoms with Crippen molar-refractivity contribution in [3.8, 4) is 0 Å². The van der Waals surface area contributed by atoms with Crippen molar-refractivity contribution in [1.82, 2.24) is 4.90 Å². The second-order valence-corrected chi connectivity index (χ2v) is 11.0. The van der Waals surface area contributed by atoms with Crippen molar-refractivity contribution < 1.29 is 33.4 Å². The zero-order valence-electron chi connectivity index (χ0n) is 20.4. The molecule has 1 amide bonds. The van der Waals surface area contributed by atoms with Gasteiger partial charge in [-0.2, -0.15) is 0 Å². The summed E-state index contributed by atoms with van der Waals surface area (Å²) in [4.78, 5) is 58.9. The number of hydrogen-bond acceptors (Lipinski definition) is 8. The average molecular weight is 481 g/mol. The van der Waals surface area contributed by atoms with Crippen LogP contribution in [-0.4, -0.2) is 66.3 Å². The first-order chi connectivity index (χ1) is 16.5. The third-order valence-electron chi connectivity index (χ3n) is 8.40. The molecule has 0 N–H and O–H groups in total. The molecule has 1 aromatic carbocycles. The number of ether oxygens (including phenoxy) is 3. The number of esters is 2. The Morgan fingerprint density at radius 2 is 1.89 bits per heavy atom. The molecule has 9 nitrogen and oxygen atoms in total. The standard InChI is InChI=1S/C26H28N2O7/c1-6-13-11-27-12-15-18-14-9-7-8-10-16(14)28(23(32)35-24(2,3)4)26(18,27)20(29)19-17(13)25(15,21(30)33-5)22(31)34-19/h6-10,15,17-19H,11-12H2,1-5H3/b13-6+/t15?,17?,18-,19?,25?,26+/m1/s1. The molecule has 0 radical (unpaired) electrons. The van der Waals surface area contributed by atoms with Crippen LogP contribution in [0.1, 0.15) is 39.2 Å². The summed E-state index contributed by atoms with van der Waals surface area (Å²) < 4.78 is 16.8. The second kappa shape index (κ2) is 6.72. The van der Waals surface area contributed by atoms with E-state index in [2.05, 4.69) is 0 Å². The van der Waals surface area contributed by atoms with Gasteiger partial charge in [-0.25, -0.2) is 4.79 Å². The van der Waals surface area contributed by atoms with Crippen LogP contribution >= 0.6 is 0 Å². The summed E-state index contributed by atoms with van der Waals surface area (Å²) in [5.41, 5.74) is -1.90. The summed E-state index contributed by atoms with van der Waals surface area (Å²) in [6, 6.07) is 7.29. The quantitative estimate of drug-likeness (QED) is 0.261. The van der Waals surface area contributed by atoms with Crippen molar-refractivity contribution in [1.29, 1.82) is 0 Å². The van der Waals surface area contributed by atoms with Crippen LogP contribution < -0.4 is 4.90 Å². The van der Waals surface area contributed by atoms with Crippen LogP contribution in [0.3, 0.4) is 0 Å². The number of benzene rings is 1. The van der Waals surface area contributed by atoms with Gasteiger partial charge in [-0.1, -0.05) is 29.8 Å². The van der Waals surface area contributed by atoms with E-state index in [9.17, 15) is 19.2 Å². The molecule has 5 heterocycles. The molecular weight excluding hydrogens is 452 g/mol. The lowest BCUT2D eigenvalue weighted by Gasteiger charge is -2.44. The lowest BCUT2D eigenvalue weighted by molar-refractivity contribution is -0.170. The SMILES string of the molecule is C/C=C1\CN2CC3[C@H]4c5ccccc5N(C(=O)OC(C)(C)C)[C@]42C(=O)C2OC(=O)C3(C(=O)OC)C12. The summed E-state index contributed by atoms with van der Waals surface area (Å²) in [7, 11) is 1.25. The van der Waals surface area contributed by atoms with Gasteiger partial charge in [0.25, 0.3) is 0 Å². The first-order valence-corrected chi connectivity index (χ1v) is 11.9. The molecule has 7 atom stereocenters. The van der Waals surface area contributed by atoms with Crippen LogP contribution in [0.25, 0.3) is 0 Å². The van der Waals surface area contributed by atoms with E-state index in [0.717, 1.165) is 11.1 Å². The number of carbonyl (C=O) groups excluding carboxylic acids is 4. The minimum Gasteiger partial charge on any atom is -0.468 e.